The number of halogens is 3. The van der Waals surface area contributed by atoms with Gasteiger partial charge >= 0.3 is 6.18 Å². The summed E-state index contributed by atoms with van der Waals surface area (Å²) in [6.45, 7) is 2.39. The molecule has 0 bridgehead atoms. The number of hydrogen-bond donors (Lipinski definition) is 1. The molecular formula is C17H19F3N2O5. The van der Waals surface area contributed by atoms with Gasteiger partial charge in [-0.1, -0.05) is 0 Å². The summed E-state index contributed by atoms with van der Waals surface area (Å²) < 4.78 is 50.3. The molecule has 1 N–H and O–H groups in total. The summed E-state index contributed by atoms with van der Waals surface area (Å²) in [6.07, 6.45) is -2.83. The molecule has 10 heteroatoms. The number of hydrogen-bond acceptors (Lipinski definition) is 5. The molecule has 1 heterocycles. The van der Waals surface area contributed by atoms with Crippen molar-refractivity contribution in [3.8, 4) is 0 Å². The summed E-state index contributed by atoms with van der Waals surface area (Å²) in [7, 11) is 0. The van der Waals surface area contributed by atoms with Crippen molar-refractivity contribution < 1.29 is 32.4 Å². The van der Waals surface area contributed by atoms with Crippen LogP contribution in [0.15, 0.2) is 18.2 Å². The predicted molar refractivity (Wildman–Crippen MR) is 87.9 cm³/mol. The van der Waals surface area contributed by atoms with Gasteiger partial charge in [0.15, 0.2) is 5.79 Å². The monoisotopic (exact) mass is 388 g/mol. The maximum absolute atomic E-state index is 12.9. The van der Waals surface area contributed by atoms with Crippen molar-refractivity contribution in [1.82, 2.24) is 0 Å². The van der Waals surface area contributed by atoms with E-state index in [1.807, 2.05) is 6.92 Å². The number of carbonyl (C=O) groups is 1. The number of ether oxygens (including phenoxy) is 2. The summed E-state index contributed by atoms with van der Waals surface area (Å²) >= 11 is 0. The molecule has 1 aliphatic carbocycles. The van der Waals surface area contributed by atoms with Gasteiger partial charge in [-0.2, -0.15) is 13.2 Å². The van der Waals surface area contributed by atoms with Crippen LogP contribution in [0.25, 0.3) is 0 Å². The third-order valence-electron chi connectivity index (χ3n) is 4.84. The number of amides is 1. The van der Waals surface area contributed by atoms with E-state index in [0.29, 0.717) is 44.4 Å². The van der Waals surface area contributed by atoms with Gasteiger partial charge in [-0.25, -0.2) is 0 Å². The topological polar surface area (TPSA) is 90.7 Å². The molecule has 27 heavy (non-hydrogen) atoms. The first-order valence-electron chi connectivity index (χ1n) is 8.57. The minimum atomic E-state index is -4.75. The lowest BCUT2D eigenvalue weighted by Crippen LogP contribution is -2.38. The first-order chi connectivity index (χ1) is 12.6. The number of carbonyl (C=O) groups excluding carboxylic acids is 1. The Morgan fingerprint density at radius 2 is 1.96 bits per heavy atom. The zero-order valence-corrected chi connectivity index (χ0v) is 14.5. The fraction of sp³-hybridized carbons (Fsp3) is 0.588. The minimum absolute atomic E-state index is 0.0129. The van der Waals surface area contributed by atoms with Crippen LogP contribution in [0.1, 0.15) is 38.2 Å². The van der Waals surface area contributed by atoms with E-state index in [2.05, 4.69) is 5.32 Å². The lowest BCUT2D eigenvalue weighted by molar-refractivity contribution is -0.385. The normalized spacial score (nSPS) is 28.3. The minimum Gasteiger partial charge on any atom is -0.347 e. The number of benzene rings is 1. The molecule has 1 saturated carbocycles. The van der Waals surface area contributed by atoms with E-state index in [9.17, 15) is 28.1 Å². The Morgan fingerprint density at radius 3 is 2.48 bits per heavy atom. The van der Waals surface area contributed by atoms with E-state index in [0.717, 1.165) is 6.07 Å². The van der Waals surface area contributed by atoms with E-state index < -0.39 is 40.0 Å². The first-order valence-corrected chi connectivity index (χ1v) is 8.57. The van der Waals surface area contributed by atoms with Gasteiger partial charge in [0.2, 0.25) is 5.91 Å². The predicted octanol–water partition coefficient (Wildman–Crippen LogP) is 3.87. The molecule has 0 unspecified atom stereocenters. The van der Waals surface area contributed by atoms with E-state index in [-0.39, 0.29) is 11.8 Å². The quantitative estimate of drug-likeness (QED) is 0.627. The summed E-state index contributed by atoms with van der Waals surface area (Å²) in [6, 6.07) is 2.05. The Bertz CT molecular complexity index is 745. The highest BCUT2D eigenvalue weighted by atomic mass is 19.4. The maximum Gasteiger partial charge on any atom is 0.416 e. The highest BCUT2D eigenvalue weighted by Gasteiger charge is 2.44. The average molecular weight is 388 g/mol. The van der Waals surface area contributed by atoms with Gasteiger partial charge in [0.1, 0.15) is 0 Å². The second kappa shape index (κ2) is 7.08. The maximum atomic E-state index is 12.9. The van der Waals surface area contributed by atoms with Crippen molar-refractivity contribution in [2.24, 2.45) is 5.92 Å². The number of rotatable bonds is 3. The molecule has 148 valence electrons. The molecule has 0 aromatic heterocycles. The molecule has 3 rings (SSSR count). The van der Waals surface area contributed by atoms with Crippen molar-refractivity contribution >= 4 is 17.3 Å². The summed E-state index contributed by atoms with van der Waals surface area (Å²) in [5, 5.41) is 13.3. The van der Waals surface area contributed by atoms with Crippen molar-refractivity contribution in [2.75, 3.05) is 11.9 Å². The fourth-order valence-corrected chi connectivity index (χ4v) is 3.48. The molecule has 1 amide bonds. The highest BCUT2D eigenvalue weighted by Crippen LogP contribution is 2.40. The molecular weight excluding hydrogens is 369 g/mol. The average Bonchev–Trinajstić information content (AvgIpc) is 2.94. The number of non-ortho nitro benzene ring substituents is 1. The summed E-state index contributed by atoms with van der Waals surface area (Å²) in [4.78, 5) is 22.4. The molecule has 1 atom stereocenters. The van der Waals surface area contributed by atoms with Crippen molar-refractivity contribution in [3.05, 3.63) is 33.9 Å². The molecule has 2 aliphatic rings. The van der Waals surface area contributed by atoms with E-state index >= 15 is 0 Å². The Balaban J connectivity index is 1.69. The smallest absolute Gasteiger partial charge is 0.347 e. The van der Waals surface area contributed by atoms with Gasteiger partial charge in [-0.15, -0.1) is 0 Å². The molecule has 7 nitrogen and oxygen atoms in total. The first kappa shape index (κ1) is 19.6. The Hall–Kier alpha value is -2.20. The van der Waals surface area contributed by atoms with E-state index in [1.165, 1.54) is 0 Å². The van der Waals surface area contributed by atoms with Crippen LogP contribution >= 0.6 is 0 Å². The molecule has 1 aromatic carbocycles. The van der Waals surface area contributed by atoms with Crippen LogP contribution in [0.4, 0.5) is 24.5 Å². The molecule has 0 radical (unpaired) electrons. The van der Waals surface area contributed by atoms with E-state index in [1.54, 1.807) is 0 Å². The third kappa shape index (κ3) is 4.38. The van der Waals surface area contributed by atoms with Crippen LogP contribution < -0.4 is 5.32 Å². The van der Waals surface area contributed by atoms with Crippen LogP contribution in [-0.4, -0.2) is 29.3 Å². The summed E-state index contributed by atoms with van der Waals surface area (Å²) in [5.41, 5.74) is -2.16. The standard InChI is InChI=1S/C17H19F3N2O5/c1-10-9-26-16(27-10)4-2-11(3-5-16)15(23)21-13-6-12(17(18,19)20)7-14(8-13)22(24)25/h6-8,10-11H,2-5,9H2,1H3,(H,21,23)/t10-,11?,16?/m0/s1. The number of nitrogens with zero attached hydrogens (tertiary/aromatic N) is 1. The number of nitrogens with one attached hydrogen (secondary N) is 1. The zero-order chi connectivity index (χ0) is 19.8. The lowest BCUT2D eigenvalue weighted by Gasteiger charge is -2.35. The number of alkyl halides is 3. The Labute approximate surface area is 153 Å². The molecule has 2 fully saturated rings. The van der Waals surface area contributed by atoms with Crippen LogP contribution in [-0.2, 0) is 20.4 Å². The summed E-state index contributed by atoms with van der Waals surface area (Å²) in [5.74, 6) is -1.57. The number of nitro groups is 1. The fourth-order valence-electron chi connectivity index (χ4n) is 3.48. The second-order valence-corrected chi connectivity index (χ2v) is 6.94. The van der Waals surface area contributed by atoms with Gasteiger partial charge in [-0.3, -0.25) is 14.9 Å². The number of nitro benzene ring substituents is 1. The molecule has 1 aliphatic heterocycles. The van der Waals surface area contributed by atoms with Gasteiger partial charge in [0.25, 0.3) is 5.69 Å². The van der Waals surface area contributed by atoms with Crippen molar-refractivity contribution in [1.29, 1.82) is 0 Å². The van der Waals surface area contributed by atoms with Crippen LogP contribution in [0.2, 0.25) is 0 Å². The molecule has 1 aromatic rings. The molecule has 1 saturated heterocycles. The van der Waals surface area contributed by atoms with Crippen LogP contribution in [0, 0.1) is 16.0 Å². The second-order valence-electron chi connectivity index (χ2n) is 6.94. The van der Waals surface area contributed by atoms with Crippen LogP contribution in [0.3, 0.4) is 0 Å². The zero-order valence-electron chi connectivity index (χ0n) is 14.5. The van der Waals surface area contributed by atoms with Crippen LogP contribution in [0.5, 0.6) is 0 Å². The Kier molecular flexibility index (Phi) is 5.13. The highest BCUT2D eigenvalue weighted by molar-refractivity contribution is 5.93. The largest absolute Gasteiger partial charge is 0.416 e. The molecule has 1 spiro atoms. The van der Waals surface area contributed by atoms with Gasteiger partial charge in [-0.05, 0) is 25.8 Å². The number of anilines is 1. The van der Waals surface area contributed by atoms with Crippen molar-refractivity contribution in [3.63, 3.8) is 0 Å². The lowest BCUT2D eigenvalue weighted by atomic mass is 9.84. The van der Waals surface area contributed by atoms with Gasteiger partial charge in [0, 0.05) is 36.6 Å². The SMILES string of the molecule is C[C@H]1COC2(CCC(C(=O)Nc3cc([N+](=O)[O-])cc(C(F)(F)F)c3)CC2)O1. The van der Waals surface area contributed by atoms with Gasteiger partial charge < -0.3 is 14.8 Å². The van der Waals surface area contributed by atoms with Gasteiger partial charge in [0.05, 0.1) is 23.2 Å². The third-order valence-corrected chi connectivity index (χ3v) is 4.84. The van der Waals surface area contributed by atoms with Crippen molar-refractivity contribution in [2.45, 2.75) is 50.7 Å². The van der Waals surface area contributed by atoms with E-state index in [4.69, 9.17) is 9.47 Å². The Morgan fingerprint density at radius 1 is 1.30 bits per heavy atom.